The molecule has 0 unspecified atom stereocenters. The maximum atomic E-state index is 3.95. The van der Waals surface area contributed by atoms with Crippen molar-refractivity contribution in [1.29, 1.82) is 0 Å². The maximum absolute atomic E-state index is 3.95. The fourth-order valence-corrected chi connectivity index (χ4v) is 1.25. The summed E-state index contributed by atoms with van der Waals surface area (Å²) in [7, 11) is 0. The van der Waals surface area contributed by atoms with Gasteiger partial charge in [0.25, 0.3) is 0 Å². The van der Waals surface area contributed by atoms with Gasteiger partial charge in [0.15, 0.2) is 0 Å². The molecule has 0 heteroatoms. The van der Waals surface area contributed by atoms with Crippen molar-refractivity contribution in [2.24, 2.45) is 0 Å². The summed E-state index contributed by atoms with van der Waals surface area (Å²) < 4.78 is 0. The molecule has 1 aromatic rings. The third kappa shape index (κ3) is 2.45. The molecule has 13 heavy (non-hydrogen) atoms. The summed E-state index contributed by atoms with van der Waals surface area (Å²) in [6.45, 7) is 12.7. The number of hydrogen-bond acceptors (Lipinski definition) is 0. The van der Waals surface area contributed by atoms with Crippen LogP contribution in [0.25, 0.3) is 5.57 Å². The van der Waals surface area contributed by atoms with Gasteiger partial charge in [0.05, 0.1) is 0 Å². The summed E-state index contributed by atoms with van der Waals surface area (Å²) >= 11 is 0. The highest BCUT2D eigenvalue weighted by Crippen LogP contribution is 2.24. The zero-order valence-corrected chi connectivity index (χ0v) is 9.02. The van der Waals surface area contributed by atoms with E-state index in [1.54, 1.807) is 0 Å². The standard InChI is InChI=1S/C13H18/c1-10(2)11-7-6-8-12(9-11)13(3,4)5/h6-9H,1H2,2-5H3. The smallest absolute Gasteiger partial charge is 0.0132 e. The van der Waals surface area contributed by atoms with E-state index in [2.05, 4.69) is 51.6 Å². The summed E-state index contributed by atoms with van der Waals surface area (Å²) in [5.74, 6) is 0. The average molecular weight is 174 g/mol. The minimum Gasteiger partial charge on any atom is -0.0955 e. The van der Waals surface area contributed by atoms with Crippen molar-refractivity contribution in [1.82, 2.24) is 0 Å². The van der Waals surface area contributed by atoms with Gasteiger partial charge in [-0.1, -0.05) is 57.2 Å². The summed E-state index contributed by atoms with van der Waals surface area (Å²) in [5, 5.41) is 0. The monoisotopic (exact) mass is 174 g/mol. The van der Waals surface area contributed by atoms with Gasteiger partial charge < -0.3 is 0 Å². The lowest BCUT2D eigenvalue weighted by Gasteiger charge is -2.19. The van der Waals surface area contributed by atoms with Crippen LogP contribution in [-0.4, -0.2) is 0 Å². The first-order valence-corrected chi connectivity index (χ1v) is 4.67. The van der Waals surface area contributed by atoms with E-state index in [4.69, 9.17) is 0 Å². The quantitative estimate of drug-likeness (QED) is 0.603. The normalized spacial score (nSPS) is 11.4. The van der Waals surface area contributed by atoms with Crippen molar-refractivity contribution in [2.75, 3.05) is 0 Å². The molecule has 1 rings (SSSR count). The molecule has 0 amide bonds. The van der Waals surface area contributed by atoms with Crippen LogP contribution in [0.1, 0.15) is 38.8 Å². The molecule has 0 saturated heterocycles. The molecule has 0 aliphatic carbocycles. The summed E-state index contributed by atoms with van der Waals surface area (Å²) in [6.07, 6.45) is 0. The molecular formula is C13H18. The van der Waals surface area contributed by atoms with E-state index >= 15 is 0 Å². The SMILES string of the molecule is C=C(C)c1cccc(C(C)(C)C)c1. The Kier molecular flexibility index (Phi) is 2.60. The largest absolute Gasteiger partial charge is 0.0955 e. The van der Waals surface area contributed by atoms with Gasteiger partial charge >= 0.3 is 0 Å². The van der Waals surface area contributed by atoms with Crippen LogP contribution in [0.2, 0.25) is 0 Å². The summed E-state index contributed by atoms with van der Waals surface area (Å²) in [5.41, 5.74) is 3.97. The zero-order chi connectivity index (χ0) is 10.1. The van der Waals surface area contributed by atoms with E-state index in [0.717, 1.165) is 5.57 Å². The van der Waals surface area contributed by atoms with Gasteiger partial charge in [0.1, 0.15) is 0 Å². The Morgan fingerprint density at radius 1 is 1.23 bits per heavy atom. The minimum absolute atomic E-state index is 0.228. The predicted molar refractivity (Wildman–Crippen MR) is 59.9 cm³/mol. The van der Waals surface area contributed by atoms with Crippen LogP contribution in [-0.2, 0) is 5.41 Å². The topological polar surface area (TPSA) is 0 Å². The molecule has 0 heterocycles. The van der Waals surface area contributed by atoms with Crippen LogP contribution in [0.15, 0.2) is 30.8 Å². The highest BCUT2D eigenvalue weighted by molar-refractivity contribution is 5.62. The highest BCUT2D eigenvalue weighted by atomic mass is 14.2. The molecule has 0 atom stereocenters. The van der Waals surface area contributed by atoms with Crippen molar-refractivity contribution >= 4 is 5.57 Å². The molecule has 70 valence electrons. The first-order chi connectivity index (χ1) is 5.91. The number of allylic oxidation sites excluding steroid dienone is 1. The molecule has 0 spiro atoms. The summed E-state index contributed by atoms with van der Waals surface area (Å²) in [4.78, 5) is 0. The fraction of sp³-hybridized carbons (Fsp3) is 0.385. The molecule has 0 bridgehead atoms. The van der Waals surface area contributed by atoms with Crippen molar-refractivity contribution in [3.63, 3.8) is 0 Å². The van der Waals surface area contributed by atoms with Gasteiger partial charge in [-0.15, -0.1) is 0 Å². The van der Waals surface area contributed by atoms with Crippen LogP contribution >= 0.6 is 0 Å². The van der Waals surface area contributed by atoms with E-state index in [-0.39, 0.29) is 5.41 Å². The predicted octanol–water partition coefficient (Wildman–Crippen LogP) is 4.02. The van der Waals surface area contributed by atoms with E-state index in [0.29, 0.717) is 0 Å². The van der Waals surface area contributed by atoms with E-state index in [9.17, 15) is 0 Å². The lowest BCUT2D eigenvalue weighted by molar-refractivity contribution is 0.590. The van der Waals surface area contributed by atoms with Crippen LogP contribution in [0.4, 0.5) is 0 Å². The van der Waals surface area contributed by atoms with Crippen molar-refractivity contribution in [3.8, 4) is 0 Å². The first kappa shape index (κ1) is 10.0. The lowest BCUT2D eigenvalue weighted by atomic mass is 9.85. The molecule has 0 aliphatic heterocycles. The molecule has 0 nitrogen and oxygen atoms in total. The average Bonchev–Trinajstić information content (AvgIpc) is 2.03. The minimum atomic E-state index is 0.228. The second-order valence-corrected chi connectivity index (χ2v) is 4.61. The number of benzene rings is 1. The molecule has 1 aromatic carbocycles. The second-order valence-electron chi connectivity index (χ2n) is 4.61. The Morgan fingerprint density at radius 3 is 2.31 bits per heavy atom. The van der Waals surface area contributed by atoms with Gasteiger partial charge in [-0.3, -0.25) is 0 Å². The van der Waals surface area contributed by atoms with Gasteiger partial charge in [-0.2, -0.15) is 0 Å². The van der Waals surface area contributed by atoms with Gasteiger partial charge in [0, 0.05) is 0 Å². The maximum Gasteiger partial charge on any atom is -0.0132 e. The third-order valence-corrected chi connectivity index (χ3v) is 2.22. The Balaban J connectivity index is 3.13. The van der Waals surface area contributed by atoms with Crippen molar-refractivity contribution < 1.29 is 0 Å². The zero-order valence-electron chi connectivity index (χ0n) is 9.02. The molecule has 0 aromatic heterocycles. The van der Waals surface area contributed by atoms with Crippen LogP contribution in [0.5, 0.6) is 0 Å². The fourth-order valence-electron chi connectivity index (χ4n) is 1.25. The van der Waals surface area contributed by atoms with Crippen molar-refractivity contribution in [3.05, 3.63) is 42.0 Å². The van der Waals surface area contributed by atoms with Gasteiger partial charge in [-0.05, 0) is 23.5 Å². The van der Waals surface area contributed by atoms with E-state index in [1.807, 2.05) is 6.92 Å². The van der Waals surface area contributed by atoms with Crippen LogP contribution < -0.4 is 0 Å². The Labute approximate surface area is 81.3 Å². The second kappa shape index (κ2) is 3.37. The van der Waals surface area contributed by atoms with Crippen LogP contribution in [0, 0.1) is 0 Å². The van der Waals surface area contributed by atoms with E-state index in [1.165, 1.54) is 11.1 Å². The summed E-state index contributed by atoms with van der Waals surface area (Å²) in [6, 6.07) is 8.61. The number of rotatable bonds is 1. The molecule has 0 radical (unpaired) electrons. The van der Waals surface area contributed by atoms with Crippen molar-refractivity contribution in [2.45, 2.75) is 33.1 Å². The van der Waals surface area contributed by atoms with Gasteiger partial charge in [0.2, 0.25) is 0 Å². The molecule has 0 saturated carbocycles. The van der Waals surface area contributed by atoms with Crippen LogP contribution in [0.3, 0.4) is 0 Å². The van der Waals surface area contributed by atoms with Gasteiger partial charge in [-0.25, -0.2) is 0 Å². The molecular weight excluding hydrogens is 156 g/mol. The molecule has 0 aliphatic rings. The highest BCUT2D eigenvalue weighted by Gasteiger charge is 2.13. The number of hydrogen-bond donors (Lipinski definition) is 0. The Bertz CT molecular complexity index is 313. The lowest BCUT2D eigenvalue weighted by Crippen LogP contribution is -2.10. The third-order valence-electron chi connectivity index (χ3n) is 2.22. The Morgan fingerprint density at radius 2 is 1.85 bits per heavy atom. The Hall–Kier alpha value is -1.04. The van der Waals surface area contributed by atoms with E-state index < -0.39 is 0 Å². The first-order valence-electron chi connectivity index (χ1n) is 4.67. The molecule has 0 fully saturated rings. The molecule has 0 N–H and O–H groups in total.